The summed E-state index contributed by atoms with van der Waals surface area (Å²) >= 11 is 0. The van der Waals surface area contributed by atoms with Crippen molar-refractivity contribution in [3.63, 3.8) is 0 Å². The summed E-state index contributed by atoms with van der Waals surface area (Å²) in [6.45, 7) is 4.10. The number of rotatable bonds is 6. The SMILES string of the molecule is CC(C)NC(c1ccco1)P(=O)(c1ccccc1)c1ccccc1. The summed E-state index contributed by atoms with van der Waals surface area (Å²) in [5.41, 5.74) is 0. The largest absolute Gasteiger partial charge is 0.467 e. The van der Waals surface area contributed by atoms with Crippen LogP contribution >= 0.6 is 7.14 Å². The molecule has 124 valence electrons. The van der Waals surface area contributed by atoms with Gasteiger partial charge < -0.3 is 8.98 Å². The highest BCUT2D eigenvalue weighted by molar-refractivity contribution is 7.78. The molecule has 0 aliphatic heterocycles. The maximum absolute atomic E-state index is 14.4. The molecular weight excluding hydrogens is 317 g/mol. The van der Waals surface area contributed by atoms with E-state index >= 15 is 0 Å². The van der Waals surface area contributed by atoms with E-state index in [1.807, 2.05) is 72.8 Å². The van der Waals surface area contributed by atoms with Gasteiger partial charge in [0.05, 0.1) is 6.26 Å². The van der Waals surface area contributed by atoms with Crippen LogP contribution in [0.2, 0.25) is 0 Å². The van der Waals surface area contributed by atoms with E-state index < -0.39 is 12.9 Å². The van der Waals surface area contributed by atoms with Gasteiger partial charge in [0.2, 0.25) is 0 Å². The molecule has 3 nitrogen and oxygen atoms in total. The van der Waals surface area contributed by atoms with Crippen molar-refractivity contribution < 1.29 is 8.98 Å². The maximum atomic E-state index is 14.4. The standard InChI is InChI=1S/C20H22NO2P/c1-16(2)21-20(19-14-9-15-23-19)24(22,17-10-5-3-6-11-17)18-12-7-4-8-13-18/h3-16,20-21H,1-2H3. The predicted molar refractivity (Wildman–Crippen MR) is 99.5 cm³/mol. The fraction of sp³-hybridized carbons (Fsp3) is 0.200. The second-order valence-corrected chi connectivity index (χ2v) is 8.93. The third-order valence-electron chi connectivity index (χ3n) is 3.95. The number of furan rings is 1. The highest BCUT2D eigenvalue weighted by atomic mass is 31.2. The molecule has 0 amide bonds. The van der Waals surface area contributed by atoms with Crippen LogP contribution in [0, 0.1) is 0 Å². The molecule has 0 saturated heterocycles. The van der Waals surface area contributed by atoms with Gasteiger partial charge in [0, 0.05) is 16.7 Å². The third kappa shape index (κ3) is 3.24. The summed E-state index contributed by atoms with van der Waals surface area (Å²) in [5, 5.41) is 5.11. The van der Waals surface area contributed by atoms with Crippen LogP contribution in [0.4, 0.5) is 0 Å². The molecule has 0 aliphatic rings. The minimum Gasteiger partial charge on any atom is -0.467 e. The van der Waals surface area contributed by atoms with E-state index in [-0.39, 0.29) is 6.04 Å². The van der Waals surface area contributed by atoms with E-state index in [0.29, 0.717) is 5.76 Å². The highest BCUT2D eigenvalue weighted by Gasteiger charge is 2.39. The summed E-state index contributed by atoms with van der Waals surface area (Å²) in [4.78, 5) is 0. The molecule has 1 heterocycles. The van der Waals surface area contributed by atoms with Gasteiger partial charge in [-0.05, 0) is 26.0 Å². The lowest BCUT2D eigenvalue weighted by molar-refractivity contribution is 0.443. The molecule has 1 atom stereocenters. The predicted octanol–water partition coefficient (Wildman–Crippen LogP) is 4.29. The van der Waals surface area contributed by atoms with Gasteiger partial charge in [-0.15, -0.1) is 0 Å². The Bertz CT molecular complexity index is 755. The normalized spacial score (nSPS) is 13.1. The molecule has 1 aromatic heterocycles. The highest BCUT2D eigenvalue weighted by Crippen LogP contribution is 2.55. The molecule has 4 heteroatoms. The van der Waals surface area contributed by atoms with Crippen LogP contribution < -0.4 is 15.9 Å². The van der Waals surface area contributed by atoms with Crippen LogP contribution in [0.15, 0.2) is 83.5 Å². The summed E-state index contributed by atoms with van der Waals surface area (Å²) in [7, 11) is -2.98. The molecule has 24 heavy (non-hydrogen) atoms. The Labute approximate surface area is 143 Å². The van der Waals surface area contributed by atoms with Crippen LogP contribution in [-0.4, -0.2) is 6.04 Å². The van der Waals surface area contributed by atoms with Crippen molar-refractivity contribution in [3.8, 4) is 0 Å². The fourth-order valence-electron chi connectivity index (χ4n) is 2.87. The monoisotopic (exact) mass is 339 g/mol. The first-order valence-corrected chi connectivity index (χ1v) is 9.90. The summed E-state index contributed by atoms with van der Waals surface area (Å²) in [6.07, 6.45) is 1.63. The number of hydrogen-bond acceptors (Lipinski definition) is 3. The molecule has 3 rings (SSSR count). The zero-order valence-electron chi connectivity index (χ0n) is 13.9. The molecule has 2 aromatic carbocycles. The maximum Gasteiger partial charge on any atom is 0.166 e. The first-order chi connectivity index (χ1) is 11.6. The van der Waals surface area contributed by atoms with Gasteiger partial charge in [-0.2, -0.15) is 0 Å². The zero-order chi connectivity index (χ0) is 17.0. The Morgan fingerprint density at radius 1 is 0.833 bits per heavy atom. The molecule has 1 unspecified atom stereocenters. The molecule has 0 bridgehead atoms. The molecule has 0 aliphatic carbocycles. The van der Waals surface area contributed by atoms with Gasteiger partial charge in [0.1, 0.15) is 11.5 Å². The van der Waals surface area contributed by atoms with Crippen LogP contribution in [0.25, 0.3) is 0 Å². The van der Waals surface area contributed by atoms with Crippen molar-refractivity contribution in [1.82, 2.24) is 5.32 Å². The van der Waals surface area contributed by atoms with Gasteiger partial charge in [0.15, 0.2) is 7.14 Å². The molecule has 0 spiro atoms. The Morgan fingerprint density at radius 2 is 1.38 bits per heavy atom. The van der Waals surface area contributed by atoms with Crippen molar-refractivity contribution in [1.29, 1.82) is 0 Å². The third-order valence-corrected chi connectivity index (χ3v) is 7.21. The Hall–Kier alpha value is -2.09. The number of hydrogen-bond donors (Lipinski definition) is 1. The summed E-state index contributed by atoms with van der Waals surface area (Å²) in [6, 6.07) is 23.2. The summed E-state index contributed by atoms with van der Waals surface area (Å²) < 4.78 is 20.1. The van der Waals surface area contributed by atoms with Crippen LogP contribution in [0.3, 0.4) is 0 Å². The van der Waals surface area contributed by atoms with E-state index in [0.717, 1.165) is 10.6 Å². The second-order valence-electron chi connectivity index (χ2n) is 6.07. The van der Waals surface area contributed by atoms with Crippen molar-refractivity contribution >= 4 is 17.8 Å². The quantitative estimate of drug-likeness (QED) is 0.681. The Balaban J connectivity index is 2.21. The fourth-order valence-corrected chi connectivity index (χ4v) is 6.01. The molecule has 0 radical (unpaired) electrons. The molecular formula is C20H22NO2P. The molecule has 0 fully saturated rings. The lowest BCUT2D eigenvalue weighted by atomic mass is 10.3. The lowest BCUT2D eigenvalue weighted by Gasteiger charge is -2.29. The van der Waals surface area contributed by atoms with Crippen LogP contribution in [0.1, 0.15) is 25.4 Å². The number of benzene rings is 2. The average Bonchev–Trinajstić information content (AvgIpc) is 3.15. The Kier molecular flexibility index (Phi) is 5.03. The van der Waals surface area contributed by atoms with E-state index in [1.165, 1.54) is 0 Å². The van der Waals surface area contributed by atoms with E-state index in [1.54, 1.807) is 6.26 Å². The van der Waals surface area contributed by atoms with E-state index in [2.05, 4.69) is 19.2 Å². The van der Waals surface area contributed by atoms with Crippen molar-refractivity contribution in [2.75, 3.05) is 0 Å². The lowest BCUT2D eigenvalue weighted by Crippen LogP contribution is -2.34. The van der Waals surface area contributed by atoms with Gasteiger partial charge in [-0.25, -0.2) is 0 Å². The first-order valence-electron chi connectivity index (χ1n) is 8.13. The topological polar surface area (TPSA) is 42.2 Å². The van der Waals surface area contributed by atoms with Crippen molar-refractivity contribution in [2.24, 2.45) is 0 Å². The van der Waals surface area contributed by atoms with Gasteiger partial charge >= 0.3 is 0 Å². The van der Waals surface area contributed by atoms with E-state index in [9.17, 15) is 4.57 Å². The van der Waals surface area contributed by atoms with Gasteiger partial charge in [-0.3, -0.25) is 5.32 Å². The van der Waals surface area contributed by atoms with E-state index in [4.69, 9.17) is 4.42 Å². The molecule has 3 aromatic rings. The van der Waals surface area contributed by atoms with Crippen molar-refractivity contribution in [3.05, 3.63) is 84.8 Å². The average molecular weight is 339 g/mol. The van der Waals surface area contributed by atoms with Crippen LogP contribution in [-0.2, 0) is 4.57 Å². The Morgan fingerprint density at radius 3 is 1.79 bits per heavy atom. The minimum absolute atomic E-state index is 0.167. The number of nitrogens with one attached hydrogen (secondary N) is 1. The molecule has 1 N–H and O–H groups in total. The molecule has 0 saturated carbocycles. The van der Waals surface area contributed by atoms with Gasteiger partial charge in [-0.1, -0.05) is 60.7 Å². The van der Waals surface area contributed by atoms with Crippen LogP contribution in [0.5, 0.6) is 0 Å². The van der Waals surface area contributed by atoms with Gasteiger partial charge in [0.25, 0.3) is 0 Å². The summed E-state index contributed by atoms with van der Waals surface area (Å²) in [5.74, 6) is 0.289. The smallest absolute Gasteiger partial charge is 0.166 e. The zero-order valence-corrected chi connectivity index (χ0v) is 14.8. The second kappa shape index (κ2) is 7.21. The first kappa shape index (κ1) is 16.8. The minimum atomic E-state index is -2.98. The van der Waals surface area contributed by atoms with Crippen molar-refractivity contribution in [2.45, 2.75) is 25.7 Å².